The molecule has 0 aliphatic carbocycles. The second-order valence-corrected chi connectivity index (χ2v) is 6.58. The van der Waals surface area contributed by atoms with Crippen LogP contribution in [-0.4, -0.2) is 45.0 Å². The summed E-state index contributed by atoms with van der Waals surface area (Å²) >= 11 is 0. The first kappa shape index (κ1) is 16.9. The highest BCUT2D eigenvalue weighted by molar-refractivity contribution is 5.64. The molecular weight excluding hydrogens is 330 g/mol. The van der Waals surface area contributed by atoms with Crippen LogP contribution in [0.2, 0.25) is 0 Å². The van der Waals surface area contributed by atoms with E-state index in [9.17, 15) is 0 Å². The van der Waals surface area contributed by atoms with Crippen molar-refractivity contribution in [1.29, 1.82) is 0 Å². The Morgan fingerprint density at radius 3 is 2.77 bits per heavy atom. The average molecular weight is 353 g/mol. The number of methoxy groups -OCH3 is 1. The summed E-state index contributed by atoms with van der Waals surface area (Å²) in [5.74, 6) is 1.23. The molecule has 0 spiro atoms. The fourth-order valence-electron chi connectivity index (χ4n) is 3.58. The molecule has 26 heavy (non-hydrogen) atoms. The molecule has 0 saturated carbocycles. The number of nitrogens with zero attached hydrogens (tertiary/aromatic N) is 5. The second-order valence-electron chi connectivity index (χ2n) is 6.58. The number of aryl methyl sites for hydroxylation is 1. The average Bonchev–Trinajstić information content (AvgIpc) is 3.16. The molecule has 1 aliphatic heterocycles. The number of benzene rings is 1. The maximum absolute atomic E-state index is 5.33. The van der Waals surface area contributed by atoms with E-state index in [2.05, 4.69) is 39.3 Å². The molecule has 0 unspecified atom stereocenters. The highest BCUT2D eigenvalue weighted by atomic mass is 16.5. The minimum atomic E-state index is 0.375. The van der Waals surface area contributed by atoms with Crippen LogP contribution < -0.4 is 0 Å². The van der Waals surface area contributed by atoms with Crippen LogP contribution in [0.5, 0.6) is 0 Å². The van der Waals surface area contributed by atoms with E-state index in [0.717, 1.165) is 25.9 Å². The Hall–Kier alpha value is -2.51. The van der Waals surface area contributed by atoms with Crippen molar-refractivity contribution < 1.29 is 9.26 Å². The van der Waals surface area contributed by atoms with Gasteiger partial charge in [0.05, 0.1) is 17.9 Å². The van der Waals surface area contributed by atoms with E-state index < -0.39 is 0 Å². The first-order valence-electron chi connectivity index (χ1n) is 8.87. The number of hydrogen-bond acceptors (Lipinski definition) is 6. The van der Waals surface area contributed by atoms with Crippen LogP contribution in [0.25, 0.3) is 11.3 Å². The van der Waals surface area contributed by atoms with E-state index >= 15 is 0 Å². The molecule has 0 atom stereocenters. The number of rotatable bonds is 5. The van der Waals surface area contributed by atoms with Crippen molar-refractivity contribution >= 4 is 0 Å². The van der Waals surface area contributed by atoms with Gasteiger partial charge in [-0.1, -0.05) is 35.5 Å². The van der Waals surface area contributed by atoms with Gasteiger partial charge in [-0.25, -0.2) is 0 Å². The molecule has 1 aromatic carbocycles. The van der Waals surface area contributed by atoms with Gasteiger partial charge in [0.1, 0.15) is 6.61 Å². The fraction of sp³-hybridized carbons (Fsp3) is 0.421. The van der Waals surface area contributed by atoms with E-state index in [0.29, 0.717) is 24.9 Å². The Morgan fingerprint density at radius 1 is 1.15 bits per heavy atom. The Bertz CT molecular complexity index is 871. The van der Waals surface area contributed by atoms with Crippen LogP contribution in [-0.2, 0) is 37.8 Å². The molecular formula is C19H23N5O2. The molecule has 0 radical (unpaired) electrons. The van der Waals surface area contributed by atoms with E-state index in [1.807, 2.05) is 17.8 Å². The van der Waals surface area contributed by atoms with Gasteiger partial charge >= 0.3 is 0 Å². The van der Waals surface area contributed by atoms with E-state index in [-0.39, 0.29) is 0 Å². The van der Waals surface area contributed by atoms with Gasteiger partial charge in [0, 0.05) is 44.8 Å². The van der Waals surface area contributed by atoms with Crippen molar-refractivity contribution in [2.45, 2.75) is 26.0 Å². The second kappa shape index (κ2) is 7.39. The van der Waals surface area contributed by atoms with Gasteiger partial charge in [0.2, 0.25) is 5.89 Å². The summed E-state index contributed by atoms with van der Waals surface area (Å²) in [6.07, 6.45) is 1.89. The highest BCUT2D eigenvalue weighted by Gasteiger charge is 2.23. The number of ether oxygens (including phenoxy) is 1. The minimum Gasteiger partial charge on any atom is -0.377 e. The van der Waals surface area contributed by atoms with E-state index in [4.69, 9.17) is 14.4 Å². The molecule has 4 rings (SSSR count). The third-order valence-electron chi connectivity index (χ3n) is 4.76. The summed E-state index contributed by atoms with van der Waals surface area (Å²) in [5.41, 5.74) is 4.99. The third kappa shape index (κ3) is 3.40. The van der Waals surface area contributed by atoms with Crippen LogP contribution in [0.1, 0.15) is 23.0 Å². The maximum Gasteiger partial charge on any atom is 0.240 e. The summed E-state index contributed by atoms with van der Waals surface area (Å²) in [7, 11) is 3.66. The number of hydrogen-bond donors (Lipinski definition) is 0. The zero-order valence-corrected chi connectivity index (χ0v) is 15.2. The Labute approximate surface area is 152 Å². The van der Waals surface area contributed by atoms with Gasteiger partial charge in [-0.2, -0.15) is 10.1 Å². The lowest BCUT2D eigenvalue weighted by Gasteiger charge is -2.17. The zero-order chi connectivity index (χ0) is 17.9. The lowest BCUT2D eigenvalue weighted by molar-refractivity contribution is 0.174. The number of aromatic nitrogens is 4. The van der Waals surface area contributed by atoms with E-state index in [1.54, 1.807) is 7.11 Å². The molecule has 3 heterocycles. The van der Waals surface area contributed by atoms with Gasteiger partial charge in [-0.15, -0.1) is 0 Å². The standard InChI is InChI=1S/C19H23N5O2/c1-23-19(14-6-4-3-5-7-14)15-8-10-24(11-9-16(15)21-23)12-18-20-17(13-25-2)22-26-18/h3-7H,8-13H2,1-2H3. The first-order chi connectivity index (χ1) is 12.7. The quantitative estimate of drug-likeness (QED) is 0.700. The van der Waals surface area contributed by atoms with Crippen molar-refractivity contribution in [1.82, 2.24) is 24.8 Å². The summed E-state index contributed by atoms with van der Waals surface area (Å²) in [4.78, 5) is 6.72. The lowest BCUT2D eigenvalue weighted by atomic mass is 10.0. The van der Waals surface area contributed by atoms with Crippen molar-refractivity contribution in [3.63, 3.8) is 0 Å². The smallest absolute Gasteiger partial charge is 0.240 e. The van der Waals surface area contributed by atoms with Gasteiger partial charge in [-0.3, -0.25) is 9.58 Å². The van der Waals surface area contributed by atoms with Crippen molar-refractivity contribution in [2.24, 2.45) is 7.05 Å². The van der Waals surface area contributed by atoms with Crippen LogP contribution >= 0.6 is 0 Å². The number of fused-ring (bicyclic) bond motifs is 1. The molecule has 0 fully saturated rings. The SMILES string of the molecule is COCc1noc(CN2CCc3nn(C)c(-c4ccccc4)c3CC2)n1. The molecule has 0 bridgehead atoms. The van der Waals surface area contributed by atoms with Gasteiger partial charge in [0.15, 0.2) is 5.82 Å². The van der Waals surface area contributed by atoms with E-state index in [1.165, 1.54) is 22.5 Å². The first-order valence-corrected chi connectivity index (χ1v) is 8.87. The lowest BCUT2D eigenvalue weighted by Crippen LogP contribution is -2.26. The molecule has 0 saturated heterocycles. The van der Waals surface area contributed by atoms with Crippen LogP contribution in [0.3, 0.4) is 0 Å². The molecule has 0 amide bonds. The predicted octanol–water partition coefficient (Wildman–Crippen LogP) is 2.22. The molecule has 3 aromatic rings. The highest BCUT2D eigenvalue weighted by Crippen LogP contribution is 2.28. The van der Waals surface area contributed by atoms with Crippen molar-refractivity contribution in [2.75, 3.05) is 20.2 Å². The molecule has 2 aromatic heterocycles. The minimum absolute atomic E-state index is 0.375. The molecule has 7 heteroatoms. The van der Waals surface area contributed by atoms with Gasteiger partial charge < -0.3 is 9.26 Å². The van der Waals surface area contributed by atoms with Crippen LogP contribution in [0.15, 0.2) is 34.9 Å². The maximum atomic E-state index is 5.33. The summed E-state index contributed by atoms with van der Waals surface area (Å²) in [6.45, 7) is 2.91. The molecule has 7 nitrogen and oxygen atoms in total. The Kier molecular flexibility index (Phi) is 4.81. The Balaban J connectivity index is 1.50. The summed E-state index contributed by atoms with van der Waals surface area (Å²) in [6, 6.07) is 10.5. The summed E-state index contributed by atoms with van der Waals surface area (Å²) in [5, 5.41) is 8.72. The van der Waals surface area contributed by atoms with Gasteiger partial charge in [-0.05, 0) is 6.42 Å². The van der Waals surface area contributed by atoms with Gasteiger partial charge in [0.25, 0.3) is 0 Å². The zero-order valence-electron chi connectivity index (χ0n) is 15.2. The largest absolute Gasteiger partial charge is 0.377 e. The monoisotopic (exact) mass is 353 g/mol. The van der Waals surface area contributed by atoms with Crippen LogP contribution in [0.4, 0.5) is 0 Å². The summed E-state index contributed by atoms with van der Waals surface area (Å²) < 4.78 is 12.4. The third-order valence-corrected chi connectivity index (χ3v) is 4.76. The molecule has 1 aliphatic rings. The van der Waals surface area contributed by atoms with Crippen molar-refractivity contribution in [3.8, 4) is 11.3 Å². The van der Waals surface area contributed by atoms with Crippen molar-refractivity contribution in [3.05, 3.63) is 53.3 Å². The molecule has 0 N–H and O–H groups in total. The molecule has 136 valence electrons. The normalized spacial score (nSPS) is 15.0. The Morgan fingerprint density at radius 2 is 1.96 bits per heavy atom. The fourth-order valence-corrected chi connectivity index (χ4v) is 3.58. The topological polar surface area (TPSA) is 69.2 Å². The predicted molar refractivity (Wildman–Crippen MR) is 96.3 cm³/mol. The van der Waals surface area contributed by atoms with Crippen LogP contribution in [0, 0.1) is 0 Å².